The monoisotopic (exact) mass is 266 g/mol. The van der Waals surface area contributed by atoms with E-state index in [-0.39, 0.29) is 0 Å². The molecule has 2 nitrogen and oxygen atoms in total. The summed E-state index contributed by atoms with van der Waals surface area (Å²) in [4.78, 5) is 0. The van der Waals surface area contributed by atoms with Crippen molar-refractivity contribution in [3.8, 4) is 5.75 Å². The van der Waals surface area contributed by atoms with Crippen LogP contribution in [0.25, 0.3) is 10.8 Å². The van der Waals surface area contributed by atoms with Gasteiger partial charge in [0, 0.05) is 17.6 Å². The van der Waals surface area contributed by atoms with E-state index in [0.29, 0.717) is 0 Å². The molecule has 1 aliphatic carbocycles. The maximum atomic E-state index is 11.2. The summed E-state index contributed by atoms with van der Waals surface area (Å²) < 4.78 is 6.10. The lowest BCUT2D eigenvalue weighted by molar-refractivity contribution is 0.0744. The second kappa shape index (κ2) is 4.10. The molecule has 102 valence electrons. The molecule has 0 aromatic heterocycles. The first kappa shape index (κ1) is 12.0. The Morgan fingerprint density at radius 3 is 2.75 bits per heavy atom. The summed E-state index contributed by atoms with van der Waals surface area (Å²) in [6.07, 6.45) is 4.17. The number of allylic oxidation sites excluding steroid dienone is 1. The van der Waals surface area contributed by atoms with Crippen molar-refractivity contribution < 1.29 is 9.84 Å². The minimum Gasteiger partial charge on any atom is -0.461 e. The number of benzene rings is 2. The van der Waals surface area contributed by atoms with E-state index in [0.717, 1.165) is 59.1 Å². The molecule has 0 saturated carbocycles. The smallest absolute Gasteiger partial charge is 0.133 e. The molecule has 2 aromatic carbocycles. The number of hydrogen-bond acceptors (Lipinski definition) is 2. The number of ether oxygens (including phenoxy) is 1. The summed E-state index contributed by atoms with van der Waals surface area (Å²) in [6, 6.07) is 12.3. The van der Waals surface area contributed by atoms with Gasteiger partial charge in [-0.25, -0.2) is 0 Å². The van der Waals surface area contributed by atoms with Gasteiger partial charge in [0.15, 0.2) is 0 Å². The molecule has 2 aliphatic rings. The third-order valence-corrected chi connectivity index (χ3v) is 4.62. The van der Waals surface area contributed by atoms with Gasteiger partial charge < -0.3 is 9.84 Å². The molecule has 1 unspecified atom stereocenters. The normalized spacial score (nSPS) is 25.1. The molecule has 4 rings (SSSR count). The first-order valence-corrected chi connectivity index (χ1v) is 7.33. The Morgan fingerprint density at radius 2 is 1.85 bits per heavy atom. The Bertz CT molecular complexity index is 725. The molecule has 0 saturated heterocycles. The van der Waals surface area contributed by atoms with Gasteiger partial charge in [-0.2, -0.15) is 0 Å². The van der Waals surface area contributed by atoms with Crippen LogP contribution in [0, 0.1) is 0 Å². The van der Waals surface area contributed by atoms with E-state index >= 15 is 0 Å². The summed E-state index contributed by atoms with van der Waals surface area (Å²) in [5.74, 6) is 1.80. The zero-order valence-electron chi connectivity index (χ0n) is 11.6. The lowest BCUT2D eigenvalue weighted by Crippen LogP contribution is -2.32. The molecule has 2 aromatic rings. The molecule has 20 heavy (non-hydrogen) atoms. The van der Waals surface area contributed by atoms with Gasteiger partial charge in [-0.3, -0.25) is 0 Å². The van der Waals surface area contributed by atoms with E-state index in [1.54, 1.807) is 0 Å². The molecule has 2 heteroatoms. The van der Waals surface area contributed by atoms with Gasteiger partial charge >= 0.3 is 0 Å². The predicted octanol–water partition coefficient (Wildman–Crippen LogP) is 4.27. The third kappa shape index (κ3) is 1.55. The van der Waals surface area contributed by atoms with Crippen molar-refractivity contribution in [2.45, 2.75) is 38.2 Å². The molecular formula is C18H18O2. The Kier molecular flexibility index (Phi) is 2.45. The van der Waals surface area contributed by atoms with Crippen LogP contribution < -0.4 is 4.74 Å². The van der Waals surface area contributed by atoms with Crippen LogP contribution in [-0.2, 0) is 5.60 Å². The molecule has 0 spiro atoms. The summed E-state index contributed by atoms with van der Waals surface area (Å²) in [6.45, 7) is 1.92. The molecule has 0 bridgehead atoms. The average Bonchev–Trinajstić information content (AvgIpc) is 2.46. The molecule has 0 amide bonds. The molecule has 1 atom stereocenters. The highest BCUT2D eigenvalue weighted by Gasteiger charge is 2.40. The van der Waals surface area contributed by atoms with Crippen LogP contribution in [0.5, 0.6) is 5.75 Å². The van der Waals surface area contributed by atoms with Gasteiger partial charge in [0.1, 0.15) is 17.1 Å². The molecule has 1 N–H and O–H groups in total. The van der Waals surface area contributed by atoms with E-state index in [1.807, 2.05) is 25.1 Å². The molecule has 0 radical (unpaired) electrons. The molecule has 1 aliphatic heterocycles. The topological polar surface area (TPSA) is 29.5 Å². The fourth-order valence-corrected chi connectivity index (χ4v) is 3.63. The number of aliphatic hydroxyl groups is 1. The van der Waals surface area contributed by atoms with Gasteiger partial charge in [0.25, 0.3) is 0 Å². The Labute approximate surface area is 118 Å². The minimum absolute atomic E-state index is 0.814. The fraction of sp³-hybridized carbons (Fsp3) is 0.333. The van der Waals surface area contributed by atoms with Crippen molar-refractivity contribution in [2.75, 3.05) is 0 Å². The van der Waals surface area contributed by atoms with Crippen LogP contribution in [-0.4, -0.2) is 5.11 Å². The van der Waals surface area contributed by atoms with Crippen LogP contribution >= 0.6 is 0 Å². The number of rotatable bonds is 0. The fourth-order valence-electron chi connectivity index (χ4n) is 3.63. The minimum atomic E-state index is -0.912. The van der Waals surface area contributed by atoms with Crippen LogP contribution in [0.15, 0.2) is 47.7 Å². The lowest BCUT2D eigenvalue weighted by Gasteiger charge is -2.38. The van der Waals surface area contributed by atoms with Crippen molar-refractivity contribution in [3.05, 3.63) is 53.3 Å². The maximum absolute atomic E-state index is 11.2. The van der Waals surface area contributed by atoms with Crippen LogP contribution in [0.3, 0.4) is 0 Å². The maximum Gasteiger partial charge on any atom is 0.133 e. The summed E-state index contributed by atoms with van der Waals surface area (Å²) in [7, 11) is 0. The average molecular weight is 266 g/mol. The highest BCUT2D eigenvalue weighted by Crippen LogP contribution is 2.49. The predicted molar refractivity (Wildman–Crippen MR) is 79.6 cm³/mol. The Hall–Kier alpha value is -1.80. The van der Waals surface area contributed by atoms with Gasteiger partial charge in [-0.1, -0.05) is 30.3 Å². The SMILES string of the molecule is CC1(O)C2=C(CCCC2)Oc2ccc3ccccc3c21. The van der Waals surface area contributed by atoms with Crippen molar-refractivity contribution in [2.24, 2.45) is 0 Å². The van der Waals surface area contributed by atoms with E-state index in [4.69, 9.17) is 4.74 Å². The van der Waals surface area contributed by atoms with Crippen molar-refractivity contribution in [3.63, 3.8) is 0 Å². The van der Waals surface area contributed by atoms with Crippen molar-refractivity contribution in [1.82, 2.24) is 0 Å². The lowest BCUT2D eigenvalue weighted by atomic mass is 9.77. The summed E-state index contributed by atoms with van der Waals surface area (Å²) in [5.41, 5.74) is 1.09. The van der Waals surface area contributed by atoms with E-state index < -0.39 is 5.60 Å². The largest absolute Gasteiger partial charge is 0.461 e. The number of hydrogen-bond donors (Lipinski definition) is 1. The van der Waals surface area contributed by atoms with Crippen molar-refractivity contribution >= 4 is 10.8 Å². The quantitative estimate of drug-likeness (QED) is 0.771. The first-order chi connectivity index (χ1) is 9.68. The van der Waals surface area contributed by atoms with Gasteiger partial charge in [-0.15, -0.1) is 0 Å². The second-order valence-electron chi connectivity index (χ2n) is 5.94. The van der Waals surface area contributed by atoms with E-state index in [1.165, 1.54) is 0 Å². The van der Waals surface area contributed by atoms with Crippen LogP contribution in [0.1, 0.15) is 38.2 Å². The van der Waals surface area contributed by atoms with Gasteiger partial charge in [0.05, 0.1) is 0 Å². The summed E-state index contributed by atoms with van der Waals surface area (Å²) >= 11 is 0. The Morgan fingerprint density at radius 1 is 1.05 bits per heavy atom. The highest BCUT2D eigenvalue weighted by molar-refractivity contribution is 5.89. The second-order valence-corrected chi connectivity index (χ2v) is 5.94. The standard InChI is InChI=1S/C18H18O2/c1-18(19)14-8-4-5-9-15(14)20-16-11-10-12-6-2-3-7-13(12)17(16)18/h2-3,6-7,10-11,19H,4-5,8-9H2,1H3. The molecule has 1 heterocycles. The van der Waals surface area contributed by atoms with E-state index in [9.17, 15) is 5.11 Å². The highest BCUT2D eigenvalue weighted by atomic mass is 16.5. The number of fused-ring (bicyclic) bond motifs is 3. The van der Waals surface area contributed by atoms with Gasteiger partial charge in [-0.05, 0) is 43.0 Å². The first-order valence-electron chi connectivity index (χ1n) is 7.33. The summed E-state index contributed by atoms with van der Waals surface area (Å²) in [5, 5.41) is 13.4. The van der Waals surface area contributed by atoms with E-state index in [2.05, 4.69) is 18.2 Å². The zero-order chi connectivity index (χ0) is 13.7. The molecular weight excluding hydrogens is 248 g/mol. The van der Waals surface area contributed by atoms with Crippen molar-refractivity contribution in [1.29, 1.82) is 0 Å². The molecule has 0 fully saturated rings. The van der Waals surface area contributed by atoms with Crippen LogP contribution in [0.2, 0.25) is 0 Å². The Balaban J connectivity index is 2.02. The third-order valence-electron chi connectivity index (χ3n) is 4.62. The van der Waals surface area contributed by atoms with Gasteiger partial charge in [0.2, 0.25) is 0 Å². The zero-order valence-corrected chi connectivity index (χ0v) is 11.6. The van der Waals surface area contributed by atoms with Crippen LogP contribution in [0.4, 0.5) is 0 Å².